The van der Waals surface area contributed by atoms with E-state index in [1.54, 1.807) is 0 Å². The van der Waals surface area contributed by atoms with Crippen molar-refractivity contribution in [3.8, 4) is 0 Å². The summed E-state index contributed by atoms with van der Waals surface area (Å²) >= 11 is 0. The van der Waals surface area contributed by atoms with Crippen molar-refractivity contribution in [2.45, 2.75) is 80.7 Å². The second kappa shape index (κ2) is 8.14. The highest BCUT2D eigenvalue weighted by Gasteiger charge is 2.62. The zero-order valence-corrected chi connectivity index (χ0v) is 17.6. The first kappa shape index (κ1) is 24.3. The lowest BCUT2D eigenvalue weighted by Crippen LogP contribution is -2.62. The predicted molar refractivity (Wildman–Crippen MR) is 97.7 cm³/mol. The average molecular weight is 486 g/mol. The summed E-state index contributed by atoms with van der Waals surface area (Å²) in [7, 11) is 0. The highest BCUT2D eigenvalue weighted by Crippen LogP contribution is 2.60. The quantitative estimate of drug-likeness (QED) is 0.308. The molecule has 1 saturated heterocycles. The molecule has 0 spiro atoms. The van der Waals surface area contributed by atoms with E-state index in [4.69, 9.17) is 14.2 Å². The number of carbonyl (C=O) groups is 2. The molecule has 0 amide bonds. The molecule has 5 fully saturated rings. The van der Waals surface area contributed by atoms with Crippen LogP contribution < -0.4 is 0 Å². The van der Waals surface area contributed by atoms with E-state index < -0.39 is 59.9 Å². The molecule has 5 rings (SSSR count). The summed E-state index contributed by atoms with van der Waals surface area (Å²) in [6.45, 7) is 2.26. The first-order chi connectivity index (χ1) is 15.2. The maximum absolute atomic E-state index is 12.7. The van der Waals surface area contributed by atoms with Crippen LogP contribution in [-0.4, -0.2) is 60.9 Å². The minimum absolute atomic E-state index is 0.167. The molecule has 1 heterocycles. The molecule has 0 aromatic heterocycles. The number of ether oxygens (including phenoxy) is 4. The van der Waals surface area contributed by atoms with Crippen LogP contribution in [0.15, 0.2) is 12.2 Å². The Morgan fingerprint density at radius 1 is 1.06 bits per heavy atom. The number of hydrogen-bond donors (Lipinski definition) is 0. The fraction of sp³-hybridized carbons (Fsp3) is 0.810. The Kier molecular flexibility index (Phi) is 6.00. The number of hydrogen-bond acceptors (Lipinski definition) is 6. The number of cyclic esters (lactones) is 1. The molecule has 6 nitrogen and oxygen atoms in total. The molecule has 3 atom stereocenters. The van der Waals surface area contributed by atoms with E-state index in [0.717, 1.165) is 6.42 Å². The third kappa shape index (κ3) is 5.01. The van der Waals surface area contributed by atoms with Crippen molar-refractivity contribution in [3.63, 3.8) is 0 Å². The van der Waals surface area contributed by atoms with Gasteiger partial charge in [-0.3, -0.25) is 0 Å². The maximum Gasteiger partial charge on any atom is 0.423 e. The number of halogens is 6. The molecule has 4 bridgehead atoms. The highest BCUT2D eigenvalue weighted by atomic mass is 19.4. The maximum atomic E-state index is 12.7. The van der Waals surface area contributed by atoms with Gasteiger partial charge in [-0.1, -0.05) is 6.58 Å². The number of carbonyl (C=O) groups excluding carboxylic acids is 2. The van der Waals surface area contributed by atoms with Crippen LogP contribution in [0, 0.1) is 11.8 Å². The van der Waals surface area contributed by atoms with Gasteiger partial charge in [-0.25, -0.2) is 9.59 Å². The standard InChI is InChI=1S/C21H24F6O6/c1-11(9-31-17(20(22,23)24)21(25,26)27)15(28)33-19-7-12-4-13(8-19)6-18(5-12,10-19)32-14-2-3-30-16(14)29/h12-14,17H,1-10H2. The summed E-state index contributed by atoms with van der Waals surface area (Å²) in [6, 6.07) is 0. The summed E-state index contributed by atoms with van der Waals surface area (Å²) in [4.78, 5) is 24.5. The van der Waals surface area contributed by atoms with Crippen molar-refractivity contribution in [1.29, 1.82) is 0 Å². The molecule has 3 unspecified atom stereocenters. The first-order valence-electron chi connectivity index (χ1n) is 10.7. The smallest absolute Gasteiger partial charge is 0.423 e. The fourth-order valence-electron chi connectivity index (χ4n) is 6.13. The molecule has 4 saturated carbocycles. The van der Waals surface area contributed by atoms with Gasteiger partial charge in [0.05, 0.1) is 24.4 Å². The molecule has 12 heteroatoms. The lowest BCUT2D eigenvalue weighted by molar-refractivity contribution is -0.320. The minimum atomic E-state index is -5.69. The number of esters is 2. The molecule has 4 aliphatic carbocycles. The third-order valence-corrected chi connectivity index (χ3v) is 6.85. The largest absolute Gasteiger partial charge is 0.464 e. The van der Waals surface area contributed by atoms with Gasteiger partial charge in [0.15, 0.2) is 6.10 Å². The topological polar surface area (TPSA) is 71.1 Å². The minimum Gasteiger partial charge on any atom is -0.464 e. The van der Waals surface area contributed by atoms with Crippen LogP contribution in [0.3, 0.4) is 0 Å². The Morgan fingerprint density at radius 3 is 2.15 bits per heavy atom. The van der Waals surface area contributed by atoms with E-state index >= 15 is 0 Å². The molecular formula is C21H24F6O6. The second-order valence-electron chi connectivity index (χ2n) is 9.66. The van der Waals surface area contributed by atoms with E-state index in [9.17, 15) is 35.9 Å². The van der Waals surface area contributed by atoms with Crippen LogP contribution in [0.1, 0.15) is 44.9 Å². The van der Waals surface area contributed by atoms with Crippen LogP contribution in [0.2, 0.25) is 0 Å². The molecule has 0 aromatic rings. The number of alkyl halides is 6. The van der Waals surface area contributed by atoms with Gasteiger partial charge in [0.2, 0.25) is 6.10 Å². The van der Waals surface area contributed by atoms with E-state index in [1.807, 2.05) is 0 Å². The molecular weight excluding hydrogens is 462 g/mol. The molecule has 0 aromatic carbocycles. The zero-order chi connectivity index (χ0) is 24.2. The van der Waals surface area contributed by atoms with Crippen molar-refractivity contribution < 1.29 is 54.9 Å². The van der Waals surface area contributed by atoms with Crippen LogP contribution in [0.25, 0.3) is 0 Å². The molecule has 1 aliphatic heterocycles. The lowest BCUT2D eigenvalue weighted by atomic mass is 9.52. The molecule has 5 aliphatic rings. The SMILES string of the molecule is C=C(COC(C(F)(F)F)C(F)(F)F)C(=O)OC12CC3CC(C1)CC(OC1CCOC1=O)(C3)C2. The molecule has 0 N–H and O–H groups in total. The first-order valence-corrected chi connectivity index (χ1v) is 10.7. The van der Waals surface area contributed by atoms with Crippen molar-refractivity contribution in [2.75, 3.05) is 13.2 Å². The summed E-state index contributed by atoms with van der Waals surface area (Å²) in [6.07, 6.45) is -12.1. The fourth-order valence-corrected chi connectivity index (χ4v) is 6.13. The van der Waals surface area contributed by atoms with Crippen LogP contribution >= 0.6 is 0 Å². The van der Waals surface area contributed by atoms with Gasteiger partial charge in [0, 0.05) is 12.8 Å². The van der Waals surface area contributed by atoms with Gasteiger partial charge in [-0.15, -0.1) is 0 Å². The van der Waals surface area contributed by atoms with Crippen molar-refractivity contribution in [2.24, 2.45) is 11.8 Å². The Balaban J connectivity index is 1.41. The second-order valence-corrected chi connectivity index (χ2v) is 9.66. The van der Waals surface area contributed by atoms with Crippen molar-refractivity contribution in [1.82, 2.24) is 0 Å². The Bertz CT molecular complexity index is 793. The van der Waals surface area contributed by atoms with E-state index in [-0.39, 0.29) is 18.4 Å². The summed E-state index contributed by atoms with van der Waals surface area (Å²) in [5.74, 6) is -1.21. The predicted octanol–water partition coefficient (Wildman–Crippen LogP) is 4.02. The highest BCUT2D eigenvalue weighted by molar-refractivity contribution is 5.88. The Labute approximate surface area is 185 Å². The molecule has 186 valence electrons. The summed E-state index contributed by atoms with van der Waals surface area (Å²) in [5.41, 5.74) is -2.30. The summed E-state index contributed by atoms with van der Waals surface area (Å²) < 4.78 is 96.7. The number of rotatable bonds is 7. The normalized spacial score (nSPS) is 35.7. The van der Waals surface area contributed by atoms with E-state index in [2.05, 4.69) is 11.3 Å². The van der Waals surface area contributed by atoms with Crippen LogP contribution in [-0.2, 0) is 28.5 Å². The van der Waals surface area contributed by atoms with Gasteiger partial charge in [-0.05, 0) is 43.9 Å². The molecule has 33 heavy (non-hydrogen) atoms. The van der Waals surface area contributed by atoms with Crippen molar-refractivity contribution >= 4 is 11.9 Å². The van der Waals surface area contributed by atoms with Crippen LogP contribution in [0.5, 0.6) is 0 Å². The van der Waals surface area contributed by atoms with Crippen molar-refractivity contribution in [3.05, 3.63) is 12.2 Å². The summed E-state index contributed by atoms with van der Waals surface area (Å²) in [5, 5.41) is 0. The van der Waals surface area contributed by atoms with Gasteiger partial charge in [0.1, 0.15) is 5.60 Å². The third-order valence-electron chi connectivity index (χ3n) is 6.85. The lowest BCUT2D eigenvalue weighted by Gasteiger charge is -2.61. The Hall–Kier alpha value is -1.82. The van der Waals surface area contributed by atoms with Gasteiger partial charge < -0.3 is 18.9 Å². The van der Waals surface area contributed by atoms with E-state index in [0.29, 0.717) is 38.5 Å². The zero-order valence-electron chi connectivity index (χ0n) is 17.6. The Morgan fingerprint density at radius 2 is 1.64 bits per heavy atom. The van der Waals surface area contributed by atoms with Gasteiger partial charge >= 0.3 is 24.3 Å². The monoisotopic (exact) mass is 486 g/mol. The van der Waals surface area contributed by atoms with Crippen LogP contribution in [0.4, 0.5) is 26.3 Å². The van der Waals surface area contributed by atoms with Gasteiger partial charge in [0.25, 0.3) is 0 Å². The molecule has 0 radical (unpaired) electrons. The van der Waals surface area contributed by atoms with Gasteiger partial charge in [-0.2, -0.15) is 26.3 Å². The van der Waals surface area contributed by atoms with E-state index in [1.165, 1.54) is 0 Å². The average Bonchev–Trinajstić information content (AvgIpc) is 3.01.